The molecule has 1 unspecified atom stereocenters. The van der Waals surface area contributed by atoms with Crippen LogP contribution in [0.2, 0.25) is 0 Å². The fourth-order valence-electron chi connectivity index (χ4n) is 1.21. The van der Waals surface area contributed by atoms with Crippen molar-refractivity contribution in [3.63, 3.8) is 0 Å². The van der Waals surface area contributed by atoms with E-state index in [1.54, 1.807) is 0 Å². The van der Waals surface area contributed by atoms with E-state index in [2.05, 4.69) is 10.6 Å². The SMILES string of the molecule is CCNC(=O)NC1CCCCO1. The first kappa shape index (κ1) is 9.32. The van der Waals surface area contributed by atoms with Crippen LogP contribution in [0.5, 0.6) is 0 Å². The number of hydrogen-bond acceptors (Lipinski definition) is 2. The van der Waals surface area contributed by atoms with Crippen molar-refractivity contribution >= 4 is 6.03 Å². The van der Waals surface area contributed by atoms with E-state index in [-0.39, 0.29) is 12.3 Å². The summed E-state index contributed by atoms with van der Waals surface area (Å²) in [5, 5.41) is 5.41. The summed E-state index contributed by atoms with van der Waals surface area (Å²) in [5.74, 6) is 0. The maximum atomic E-state index is 11.0. The zero-order valence-electron chi connectivity index (χ0n) is 7.43. The summed E-state index contributed by atoms with van der Waals surface area (Å²) >= 11 is 0. The summed E-state index contributed by atoms with van der Waals surface area (Å²) in [6.45, 7) is 3.30. The van der Waals surface area contributed by atoms with E-state index in [0.29, 0.717) is 6.54 Å². The Morgan fingerprint density at radius 1 is 1.58 bits per heavy atom. The van der Waals surface area contributed by atoms with Gasteiger partial charge in [-0.2, -0.15) is 0 Å². The second-order valence-corrected chi connectivity index (χ2v) is 2.86. The molecule has 0 aromatic heterocycles. The van der Waals surface area contributed by atoms with E-state index in [9.17, 15) is 4.79 Å². The smallest absolute Gasteiger partial charge is 0.316 e. The zero-order chi connectivity index (χ0) is 8.81. The Labute approximate surface area is 72.7 Å². The molecule has 1 heterocycles. The maximum Gasteiger partial charge on any atom is 0.316 e. The van der Waals surface area contributed by atoms with Crippen molar-refractivity contribution in [3.05, 3.63) is 0 Å². The predicted octanol–water partition coefficient (Wildman–Crippen LogP) is 0.832. The minimum Gasteiger partial charge on any atom is -0.358 e. The van der Waals surface area contributed by atoms with Gasteiger partial charge in [-0.05, 0) is 26.2 Å². The molecule has 0 aliphatic carbocycles. The van der Waals surface area contributed by atoms with Gasteiger partial charge in [0.2, 0.25) is 0 Å². The Kier molecular flexibility index (Phi) is 3.87. The van der Waals surface area contributed by atoms with Crippen molar-refractivity contribution in [2.45, 2.75) is 32.4 Å². The molecule has 2 amide bonds. The van der Waals surface area contributed by atoms with Gasteiger partial charge in [0.05, 0.1) is 0 Å². The number of nitrogens with one attached hydrogen (secondary N) is 2. The lowest BCUT2D eigenvalue weighted by atomic mass is 10.2. The largest absolute Gasteiger partial charge is 0.358 e. The van der Waals surface area contributed by atoms with Crippen molar-refractivity contribution in [1.29, 1.82) is 0 Å². The Hall–Kier alpha value is -0.770. The van der Waals surface area contributed by atoms with Gasteiger partial charge in [0.15, 0.2) is 0 Å². The van der Waals surface area contributed by atoms with Crippen molar-refractivity contribution < 1.29 is 9.53 Å². The lowest BCUT2D eigenvalue weighted by Gasteiger charge is -2.23. The molecule has 1 aliphatic heterocycles. The second-order valence-electron chi connectivity index (χ2n) is 2.86. The topological polar surface area (TPSA) is 50.4 Å². The van der Waals surface area contributed by atoms with Crippen LogP contribution in [0.3, 0.4) is 0 Å². The van der Waals surface area contributed by atoms with Crippen molar-refractivity contribution in [3.8, 4) is 0 Å². The fraction of sp³-hybridized carbons (Fsp3) is 0.875. The van der Waals surface area contributed by atoms with E-state index in [1.807, 2.05) is 6.92 Å². The molecule has 12 heavy (non-hydrogen) atoms. The van der Waals surface area contributed by atoms with E-state index >= 15 is 0 Å². The summed E-state index contributed by atoms with van der Waals surface area (Å²) in [4.78, 5) is 11.0. The van der Waals surface area contributed by atoms with Gasteiger partial charge >= 0.3 is 6.03 Å². The zero-order valence-corrected chi connectivity index (χ0v) is 7.43. The van der Waals surface area contributed by atoms with Gasteiger partial charge in [0.25, 0.3) is 0 Å². The monoisotopic (exact) mass is 172 g/mol. The van der Waals surface area contributed by atoms with Gasteiger partial charge in [-0.3, -0.25) is 0 Å². The van der Waals surface area contributed by atoms with E-state index in [0.717, 1.165) is 25.9 Å². The summed E-state index contributed by atoms with van der Waals surface area (Å²) < 4.78 is 5.32. The van der Waals surface area contributed by atoms with E-state index < -0.39 is 0 Å². The molecule has 0 aromatic carbocycles. The predicted molar refractivity (Wildman–Crippen MR) is 45.8 cm³/mol. The number of ether oxygens (including phenoxy) is 1. The highest BCUT2D eigenvalue weighted by atomic mass is 16.5. The summed E-state index contributed by atoms with van der Waals surface area (Å²) in [5.41, 5.74) is 0. The quantitative estimate of drug-likeness (QED) is 0.648. The molecule has 4 nitrogen and oxygen atoms in total. The molecule has 1 aliphatic rings. The Morgan fingerprint density at radius 3 is 3.00 bits per heavy atom. The Morgan fingerprint density at radius 2 is 2.42 bits per heavy atom. The number of carbonyl (C=O) groups excluding carboxylic acids is 1. The molecular formula is C8H16N2O2. The molecule has 0 saturated carbocycles. The molecule has 70 valence electrons. The molecule has 0 aromatic rings. The molecular weight excluding hydrogens is 156 g/mol. The minimum atomic E-state index is -0.135. The first-order valence-corrected chi connectivity index (χ1v) is 4.49. The van der Waals surface area contributed by atoms with Crippen molar-refractivity contribution in [2.75, 3.05) is 13.2 Å². The molecule has 0 spiro atoms. The lowest BCUT2D eigenvalue weighted by molar-refractivity contribution is 0.00239. The lowest BCUT2D eigenvalue weighted by Crippen LogP contribution is -2.44. The number of amides is 2. The van der Waals surface area contributed by atoms with Crippen LogP contribution < -0.4 is 10.6 Å². The highest BCUT2D eigenvalue weighted by Crippen LogP contribution is 2.09. The summed E-state index contributed by atoms with van der Waals surface area (Å²) in [7, 11) is 0. The molecule has 1 rings (SSSR count). The average molecular weight is 172 g/mol. The Balaban J connectivity index is 2.15. The molecule has 1 saturated heterocycles. The normalized spacial score (nSPS) is 23.2. The summed E-state index contributed by atoms with van der Waals surface area (Å²) in [6.07, 6.45) is 3.09. The highest BCUT2D eigenvalue weighted by Gasteiger charge is 2.14. The fourth-order valence-corrected chi connectivity index (χ4v) is 1.21. The molecule has 1 fully saturated rings. The van der Waals surface area contributed by atoms with Gasteiger partial charge in [-0.25, -0.2) is 4.79 Å². The second kappa shape index (κ2) is 4.98. The highest BCUT2D eigenvalue weighted by molar-refractivity contribution is 5.73. The van der Waals surface area contributed by atoms with Crippen LogP contribution in [-0.4, -0.2) is 25.4 Å². The molecule has 2 N–H and O–H groups in total. The Bertz CT molecular complexity index is 144. The number of rotatable bonds is 2. The molecule has 0 radical (unpaired) electrons. The van der Waals surface area contributed by atoms with Gasteiger partial charge in [-0.15, -0.1) is 0 Å². The average Bonchev–Trinajstić information content (AvgIpc) is 2.06. The third-order valence-corrected chi connectivity index (χ3v) is 1.81. The van der Waals surface area contributed by atoms with Crippen molar-refractivity contribution in [1.82, 2.24) is 10.6 Å². The third kappa shape index (κ3) is 3.09. The van der Waals surface area contributed by atoms with Gasteiger partial charge in [0, 0.05) is 13.2 Å². The molecule has 4 heteroatoms. The standard InChI is InChI=1S/C8H16N2O2/c1-2-9-8(11)10-7-5-3-4-6-12-7/h7H,2-6H2,1H3,(H2,9,10,11). The minimum absolute atomic E-state index is 0.0784. The van der Waals surface area contributed by atoms with Crippen LogP contribution >= 0.6 is 0 Å². The van der Waals surface area contributed by atoms with Crippen LogP contribution in [0, 0.1) is 0 Å². The molecule has 0 bridgehead atoms. The van der Waals surface area contributed by atoms with Gasteiger partial charge < -0.3 is 15.4 Å². The van der Waals surface area contributed by atoms with E-state index in [4.69, 9.17) is 4.74 Å². The maximum absolute atomic E-state index is 11.0. The number of carbonyl (C=O) groups is 1. The number of urea groups is 1. The van der Waals surface area contributed by atoms with Gasteiger partial charge in [-0.1, -0.05) is 0 Å². The van der Waals surface area contributed by atoms with Crippen LogP contribution in [0.4, 0.5) is 4.79 Å². The van der Waals surface area contributed by atoms with Gasteiger partial charge in [0.1, 0.15) is 6.23 Å². The van der Waals surface area contributed by atoms with Crippen molar-refractivity contribution in [2.24, 2.45) is 0 Å². The van der Waals surface area contributed by atoms with Crippen LogP contribution in [0.25, 0.3) is 0 Å². The summed E-state index contributed by atoms with van der Waals surface area (Å²) in [6, 6.07) is -0.135. The van der Waals surface area contributed by atoms with Crippen LogP contribution in [-0.2, 0) is 4.74 Å². The van der Waals surface area contributed by atoms with Crippen LogP contribution in [0.15, 0.2) is 0 Å². The van der Waals surface area contributed by atoms with Crippen LogP contribution in [0.1, 0.15) is 26.2 Å². The first-order chi connectivity index (χ1) is 5.83. The van der Waals surface area contributed by atoms with E-state index in [1.165, 1.54) is 0 Å². The first-order valence-electron chi connectivity index (χ1n) is 4.49. The third-order valence-electron chi connectivity index (χ3n) is 1.81. The number of hydrogen-bond donors (Lipinski definition) is 2. The molecule has 1 atom stereocenters.